The van der Waals surface area contributed by atoms with E-state index in [1.165, 1.54) is 11.3 Å². The largest absolute Gasteiger partial charge is 0.481 e. The van der Waals surface area contributed by atoms with Crippen molar-refractivity contribution in [1.29, 1.82) is 0 Å². The number of halogens is 3. The van der Waals surface area contributed by atoms with Gasteiger partial charge < -0.3 is 19.7 Å². The summed E-state index contributed by atoms with van der Waals surface area (Å²) in [7, 11) is 0. The molecular formula is C24H32F3N5O3S. The maximum absolute atomic E-state index is 12.4. The SMILES string of the molecule is Cc1ncc(OCC(=O)N[C@H]2CC[C@H](CCN3CCc4nc(OCC(F)(F)F)sc4CC3)CC2)cn1. The molecule has 1 saturated carbocycles. The maximum atomic E-state index is 12.4. The number of nitrogens with one attached hydrogen (secondary N) is 1. The van der Waals surface area contributed by atoms with Crippen LogP contribution in [0.5, 0.6) is 10.9 Å². The fraction of sp³-hybridized carbons (Fsp3) is 0.667. The number of amides is 1. The third-order valence-corrected chi connectivity index (χ3v) is 7.70. The molecule has 12 heteroatoms. The third kappa shape index (κ3) is 8.29. The molecule has 0 radical (unpaired) electrons. The van der Waals surface area contributed by atoms with Crippen LogP contribution in [0.1, 0.15) is 48.5 Å². The molecular weight excluding hydrogens is 495 g/mol. The number of thiazole rings is 1. The molecule has 0 unspecified atom stereocenters. The third-order valence-electron chi connectivity index (χ3n) is 6.63. The average molecular weight is 528 g/mol. The van der Waals surface area contributed by atoms with Crippen molar-refractivity contribution >= 4 is 17.2 Å². The predicted molar refractivity (Wildman–Crippen MR) is 128 cm³/mol. The monoisotopic (exact) mass is 527 g/mol. The van der Waals surface area contributed by atoms with Crippen molar-refractivity contribution in [3.63, 3.8) is 0 Å². The lowest BCUT2D eigenvalue weighted by molar-refractivity contribution is -0.153. The van der Waals surface area contributed by atoms with Crippen molar-refractivity contribution in [3.8, 4) is 10.9 Å². The standard InChI is InChI=1S/C24H32F3N5O3S/c1-16-28-12-19(13-29-16)34-14-22(33)30-18-4-2-17(3-5-18)6-9-32-10-7-20-21(8-11-32)36-23(31-20)35-15-24(25,26)27/h12-13,17-18H,2-11,14-15H2,1H3,(H,30,33)/t17-,18-. The lowest BCUT2D eigenvalue weighted by Gasteiger charge is -2.30. The van der Waals surface area contributed by atoms with E-state index in [0.717, 1.165) is 75.2 Å². The Morgan fingerprint density at radius 3 is 2.58 bits per heavy atom. The van der Waals surface area contributed by atoms with Crippen LogP contribution in [0, 0.1) is 12.8 Å². The zero-order valence-corrected chi connectivity index (χ0v) is 21.2. The summed E-state index contributed by atoms with van der Waals surface area (Å²) in [6.45, 7) is 3.18. The molecule has 1 amide bonds. The van der Waals surface area contributed by atoms with Gasteiger partial charge in [0.05, 0.1) is 18.1 Å². The number of hydrogen-bond donors (Lipinski definition) is 1. The number of hydrogen-bond acceptors (Lipinski definition) is 8. The number of carbonyl (C=O) groups is 1. The first kappa shape index (κ1) is 26.6. The van der Waals surface area contributed by atoms with E-state index in [2.05, 4.69) is 25.2 Å². The van der Waals surface area contributed by atoms with E-state index in [9.17, 15) is 18.0 Å². The van der Waals surface area contributed by atoms with E-state index >= 15 is 0 Å². The normalized spacial score (nSPS) is 20.9. The Hall–Kier alpha value is -2.47. The minimum absolute atomic E-state index is 0.0440. The van der Waals surface area contributed by atoms with Gasteiger partial charge in [-0.3, -0.25) is 4.79 Å². The molecule has 1 fully saturated rings. The second kappa shape index (κ2) is 12.2. The smallest absolute Gasteiger partial charge is 0.422 e. The first-order valence-corrected chi connectivity index (χ1v) is 13.2. The second-order valence-electron chi connectivity index (χ2n) is 9.42. The van der Waals surface area contributed by atoms with E-state index in [-0.39, 0.29) is 23.7 Å². The van der Waals surface area contributed by atoms with E-state index in [1.54, 1.807) is 19.3 Å². The van der Waals surface area contributed by atoms with Crippen LogP contribution in [-0.2, 0) is 17.6 Å². The van der Waals surface area contributed by atoms with Gasteiger partial charge in [-0.25, -0.2) is 15.0 Å². The molecule has 8 nitrogen and oxygen atoms in total. The van der Waals surface area contributed by atoms with E-state index in [0.29, 0.717) is 17.5 Å². The number of aromatic nitrogens is 3. The zero-order valence-electron chi connectivity index (χ0n) is 20.4. The molecule has 36 heavy (non-hydrogen) atoms. The number of ether oxygens (including phenoxy) is 2. The number of rotatable bonds is 9. The molecule has 3 heterocycles. The highest BCUT2D eigenvalue weighted by Gasteiger charge is 2.30. The van der Waals surface area contributed by atoms with Crippen molar-refractivity contribution in [2.24, 2.45) is 5.92 Å². The maximum Gasteiger partial charge on any atom is 0.422 e. The molecule has 198 valence electrons. The topological polar surface area (TPSA) is 89.5 Å². The lowest BCUT2D eigenvalue weighted by atomic mass is 9.84. The van der Waals surface area contributed by atoms with Crippen LogP contribution in [0.25, 0.3) is 0 Å². The summed E-state index contributed by atoms with van der Waals surface area (Å²) in [6, 6.07) is 0.181. The summed E-state index contributed by atoms with van der Waals surface area (Å²) in [5, 5.41) is 3.19. The summed E-state index contributed by atoms with van der Waals surface area (Å²) in [4.78, 5) is 28.1. The van der Waals surface area contributed by atoms with Gasteiger partial charge in [-0.1, -0.05) is 11.3 Å². The van der Waals surface area contributed by atoms with Crippen molar-refractivity contribution in [2.45, 2.75) is 64.1 Å². The van der Waals surface area contributed by atoms with Gasteiger partial charge in [0.2, 0.25) is 0 Å². The molecule has 0 aromatic carbocycles. The highest BCUT2D eigenvalue weighted by molar-refractivity contribution is 7.13. The first-order chi connectivity index (χ1) is 17.2. The molecule has 4 rings (SSSR count). The number of nitrogens with zero attached hydrogens (tertiary/aromatic N) is 4. The van der Waals surface area contributed by atoms with Crippen LogP contribution >= 0.6 is 11.3 Å². The van der Waals surface area contributed by atoms with Gasteiger partial charge >= 0.3 is 6.18 Å². The molecule has 2 aromatic rings. The Bertz CT molecular complexity index is 968. The quantitative estimate of drug-likeness (QED) is 0.532. The van der Waals surface area contributed by atoms with Crippen molar-refractivity contribution < 1.29 is 27.4 Å². The Balaban J connectivity index is 1.11. The minimum Gasteiger partial charge on any atom is -0.481 e. The first-order valence-electron chi connectivity index (χ1n) is 12.3. The van der Waals surface area contributed by atoms with Crippen LogP contribution in [0.15, 0.2) is 12.4 Å². The lowest BCUT2D eigenvalue weighted by Crippen LogP contribution is -2.40. The van der Waals surface area contributed by atoms with Crippen molar-refractivity contribution in [1.82, 2.24) is 25.2 Å². The molecule has 0 atom stereocenters. The molecule has 2 aromatic heterocycles. The van der Waals surface area contributed by atoms with Gasteiger partial charge in [0, 0.05) is 30.4 Å². The molecule has 1 aliphatic carbocycles. The van der Waals surface area contributed by atoms with E-state index in [4.69, 9.17) is 9.47 Å². The van der Waals surface area contributed by atoms with Crippen LogP contribution in [0.4, 0.5) is 13.2 Å². The Kier molecular flexibility index (Phi) is 9.00. The fourth-order valence-corrected chi connectivity index (χ4v) is 5.59. The minimum atomic E-state index is -4.35. The molecule has 2 aliphatic rings. The Morgan fingerprint density at radius 1 is 1.14 bits per heavy atom. The Morgan fingerprint density at radius 2 is 1.86 bits per heavy atom. The van der Waals surface area contributed by atoms with Gasteiger partial charge in [0.1, 0.15) is 5.82 Å². The van der Waals surface area contributed by atoms with Gasteiger partial charge in [-0.2, -0.15) is 13.2 Å². The number of alkyl halides is 3. The van der Waals surface area contributed by atoms with Crippen molar-refractivity contribution in [3.05, 3.63) is 28.8 Å². The summed E-state index contributed by atoms with van der Waals surface area (Å²) < 4.78 is 47.4. The summed E-state index contributed by atoms with van der Waals surface area (Å²) in [5.41, 5.74) is 0.870. The van der Waals surface area contributed by atoms with Crippen LogP contribution in [0.3, 0.4) is 0 Å². The van der Waals surface area contributed by atoms with Gasteiger partial charge in [-0.05, 0) is 57.9 Å². The molecule has 0 saturated heterocycles. The highest BCUT2D eigenvalue weighted by Crippen LogP contribution is 2.31. The molecule has 1 aliphatic heterocycles. The number of aryl methyl sites for hydroxylation is 1. The van der Waals surface area contributed by atoms with Crippen LogP contribution < -0.4 is 14.8 Å². The molecule has 0 spiro atoms. The number of carbonyl (C=O) groups excluding carboxylic acids is 1. The second-order valence-corrected chi connectivity index (χ2v) is 10.5. The zero-order chi connectivity index (χ0) is 25.5. The van der Waals surface area contributed by atoms with Crippen molar-refractivity contribution in [2.75, 3.05) is 32.8 Å². The van der Waals surface area contributed by atoms with Crippen LogP contribution in [-0.4, -0.2) is 70.8 Å². The molecule has 0 bridgehead atoms. The van der Waals surface area contributed by atoms with Crippen LogP contribution in [0.2, 0.25) is 0 Å². The predicted octanol–water partition coefficient (Wildman–Crippen LogP) is 3.73. The summed E-state index contributed by atoms with van der Waals surface area (Å²) in [6.07, 6.45) is 5.50. The fourth-order valence-electron chi connectivity index (χ4n) is 4.65. The summed E-state index contributed by atoms with van der Waals surface area (Å²) >= 11 is 1.24. The van der Waals surface area contributed by atoms with Gasteiger partial charge in [0.15, 0.2) is 19.0 Å². The Labute approximate surface area is 212 Å². The van der Waals surface area contributed by atoms with E-state index in [1.807, 2.05) is 0 Å². The highest BCUT2D eigenvalue weighted by atomic mass is 32.1. The molecule has 1 N–H and O–H groups in total. The average Bonchev–Trinajstić information content (AvgIpc) is 3.15. The van der Waals surface area contributed by atoms with E-state index < -0.39 is 12.8 Å². The van der Waals surface area contributed by atoms with Gasteiger partial charge in [0.25, 0.3) is 11.1 Å². The summed E-state index contributed by atoms with van der Waals surface area (Å²) in [5.74, 6) is 1.64. The number of fused-ring (bicyclic) bond motifs is 1. The van der Waals surface area contributed by atoms with Gasteiger partial charge in [-0.15, -0.1) is 0 Å².